The lowest BCUT2D eigenvalue weighted by atomic mass is 9.78. The number of hydrogen-bond acceptors (Lipinski definition) is 6. The molecule has 0 bridgehead atoms. The van der Waals surface area contributed by atoms with Crippen LogP contribution in [0.3, 0.4) is 0 Å². The molecule has 8 heteroatoms. The van der Waals surface area contributed by atoms with Crippen LogP contribution in [-0.2, 0) is 6.54 Å². The third-order valence-corrected chi connectivity index (χ3v) is 8.51. The Labute approximate surface area is 222 Å². The molecule has 0 spiro atoms. The molecule has 0 radical (unpaired) electrons. The average Bonchev–Trinajstić information content (AvgIpc) is 3.48. The van der Waals surface area contributed by atoms with Crippen LogP contribution in [0.2, 0.25) is 0 Å². The van der Waals surface area contributed by atoms with Crippen LogP contribution in [0.25, 0.3) is 39.2 Å². The third-order valence-electron chi connectivity index (χ3n) is 8.51. The number of piperazine rings is 1. The van der Waals surface area contributed by atoms with E-state index in [1.54, 1.807) is 6.20 Å². The highest BCUT2D eigenvalue weighted by atomic mass is 15.3. The van der Waals surface area contributed by atoms with Crippen LogP contribution in [0.5, 0.6) is 0 Å². The van der Waals surface area contributed by atoms with Crippen LogP contribution in [0, 0.1) is 0 Å². The normalized spacial score (nSPS) is 20.8. The standard InChI is InChI=1S/C30H34N8/c1-3-37-25-10-9-21(19-24(25)33-29(37)20-7-5-4-6-8-20)26-27-28(31)32-11-12-38(27)30(34-26)22-17-23(18-22)36-15-13-35(2)14-16-36/h4-12,19,22-23H,3,13-18H2,1-2H3,(H2,31,32)/t22-,23+. The van der Waals surface area contributed by atoms with Gasteiger partial charge >= 0.3 is 0 Å². The first-order valence-electron chi connectivity index (χ1n) is 13.7. The van der Waals surface area contributed by atoms with Gasteiger partial charge in [0.2, 0.25) is 0 Å². The van der Waals surface area contributed by atoms with E-state index in [1.165, 1.54) is 0 Å². The van der Waals surface area contributed by atoms with Gasteiger partial charge in [0.1, 0.15) is 28.7 Å². The molecule has 2 fully saturated rings. The van der Waals surface area contributed by atoms with E-state index in [2.05, 4.69) is 80.2 Å². The fourth-order valence-electron chi connectivity index (χ4n) is 6.26. The van der Waals surface area contributed by atoms with Gasteiger partial charge in [-0.1, -0.05) is 36.4 Å². The van der Waals surface area contributed by atoms with Crippen LogP contribution >= 0.6 is 0 Å². The minimum atomic E-state index is 0.426. The van der Waals surface area contributed by atoms with Crippen molar-refractivity contribution >= 4 is 22.4 Å². The third kappa shape index (κ3) is 3.78. The molecule has 38 heavy (non-hydrogen) atoms. The highest BCUT2D eigenvalue weighted by Crippen LogP contribution is 2.42. The second kappa shape index (κ2) is 9.22. The van der Waals surface area contributed by atoms with Crippen molar-refractivity contribution in [1.29, 1.82) is 0 Å². The monoisotopic (exact) mass is 506 g/mol. The summed E-state index contributed by atoms with van der Waals surface area (Å²) in [6.45, 7) is 7.65. The van der Waals surface area contributed by atoms with Crippen LogP contribution in [0.1, 0.15) is 31.5 Å². The van der Waals surface area contributed by atoms with Gasteiger partial charge in [-0.3, -0.25) is 9.30 Å². The fourth-order valence-corrected chi connectivity index (χ4v) is 6.26. The molecular formula is C30H34N8. The van der Waals surface area contributed by atoms with Gasteiger partial charge in [0.25, 0.3) is 0 Å². The van der Waals surface area contributed by atoms with E-state index in [1.807, 2.05) is 12.3 Å². The van der Waals surface area contributed by atoms with Gasteiger partial charge < -0.3 is 15.2 Å². The predicted molar refractivity (Wildman–Crippen MR) is 152 cm³/mol. The maximum Gasteiger partial charge on any atom is 0.150 e. The minimum Gasteiger partial charge on any atom is -0.382 e. The molecule has 0 amide bonds. The van der Waals surface area contributed by atoms with E-state index in [-0.39, 0.29) is 0 Å². The van der Waals surface area contributed by atoms with Gasteiger partial charge in [0, 0.05) is 68.2 Å². The van der Waals surface area contributed by atoms with Gasteiger partial charge in [-0.2, -0.15) is 0 Å². The second-order valence-corrected chi connectivity index (χ2v) is 10.8. The van der Waals surface area contributed by atoms with Crippen molar-refractivity contribution in [2.75, 3.05) is 39.0 Å². The number of benzene rings is 2. The number of imidazole rings is 2. The van der Waals surface area contributed by atoms with E-state index in [9.17, 15) is 0 Å². The number of fused-ring (bicyclic) bond motifs is 2. The van der Waals surface area contributed by atoms with Crippen LogP contribution in [0.15, 0.2) is 60.9 Å². The number of likely N-dealkylation sites (N-methyl/N-ethyl adjacent to an activating group) is 1. The Morgan fingerprint density at radius 1 is 0.947 bits per heavy atom. The molecule has 8 nitrogen and oxygen atoms in total. The molecule has 7 rings (SSSR count). The maximum atomic E-state index is 6.46. The molecule has 2 aromatic carbocycles. The number of nitrogen functional groups attached to an aromatic ring is 1. The summed E-state index contributed by atoms with van der Waals surface area (Å²) in [6.07, 6.45) is 6.08. The number of nitrogens with two attached hydrogens (primary N) is 1. The molecule has 1 saturated heterocycles. The molecule has 3 aromatic heterocycles. The van der Waals surface area contributed by atoms with Crippen LogP contribution in [0.4, 0.5) is 5.82 Å². The molecule has 1 saturated carbocycles. The Kier molecular flexibility index (Phi) is 5.67. The Morgan fingerprint density at radius 2 is 1.74 bits per heavy atom. The van der Waals surface area contributed by atoms with E-state index in [0.29, 0.717) is 17.8 Å². The summed E-state index contributed by atoms with van der Waals surface area (Å²) < 4.78 is 4.45. The molecule has 5 aromatic rings. The molecule has 4 heterocycles. The fraction of sp³-hybridized carbons (Fsp3) is 0.367. The van der Waals surface area contributed by atoms with E-state index in [0.717, 1.165) is 90.6 Å². The number of aromatic nitrogens is 5. The van der Waals surface area contributed by atoms with Crippen molar-refractivity contribution in [3.05, 3.63) is 66.7 Å². The number of anilines is 1. The largest absolute Gasteiger partial charge is 0.382 e. The number of aryl methyl sites for hydroxylation is 1. The summed E-state index contributed by atoms with van der Waals surface area (Å²) >= 11 is 0. The van der Waals surface area contributed by atoms with E-state index < -0.39 is 0 Å². The summed E-state index contributed by atoms with van der Waals surface area (Å²) in [5, 5.41) is 0. The highest BCUT2D eigenvalue weighted by Gasteiger charge is 2.38. The number of rotatable bonds is 5. The molecule has 2 aliphatic rings. The highest BCUT2D eigenvalue weighted by molar-refractivity contribution is 5.91. The summed E-state index contributed by atoms with van der Waals surface area (Å²) in [7, 11) is 2.21. The quantitative estimate of drug-likeness (QED) is 0.378. The SMILES string of the molecule is CCn1c(-c2ccccc2)nc2cc(-c3nc([C@H]4C[C@@H](N5CCN(C)CC5)C4)n4ccnc(N)c34)ccc21. The lowest BCUT2D eigenvalue weighted by Crippen LogP contribution is -2.52. The van der Waals surface area contributed by atoms with Gasteiger partial charge in [0.05, 0.1) is 11.0 Å². The maximum absolute atomic E-state index is 6.46. The van der Waals surface area contributed by atoms with Crippen molar-refractivity contribution in [1.82, 2.24) is 33.7 Å². The van der Waals surface area contributed by atoms with E-state index >= 15 is 0 Å². The Bertz CT molecular complexity index is 1600. The average molecular weight is 507 g/mol. The Hall–Kier alpha value is -3.75. The molecule has 1 aliphatic carbocycles. The van der Waals surface area contributed by atoms with Crippen molar-refractivity contribution in [3.8, 4) is 22.6 Å². The summed E-state index contributed by atoms with van der Waals surface area (Å²) in [5.41, 5.74) is 12.5. The number of hydrogen-bond donors (Lipinski definition) is 1. The smallest absolute Gasteiger partial charge is 0.150 e. The zero-order valence-corrected chi connectivity index (χ0v) is 22.1. The number of nitrogens with zero attached hydrogens (tertiary/aromatic N) is 7. The second-order valence-electron chi connectivity index (χ2n) is 10.8. The Balaban J connectivity index is 1.26. The molecule has 2 N–H and O–H groups in total. The van der Waals surface area contributed by atoms with Gasteiger partial charge in [-0.25, -0.2) is 15.0 Å². The minimum absolute atomic E-state index is 0.426. The van der Waals surface area contributed by atoms with Crippen molar-refractivity contribution < 1.29 is 0 Å². The first-order valence-corrected chi connectivity index (χ1v) is 13.7. The predicted octanol–water partition coefficient (Wildman–Crippen LogP) is 4.51. The molecule has 1 aliphatic heterocycles. The van der Waals surface area contributed by atoms with Gasteiger partial charge in [0.15, 0.2) is 0 Å². The van der Waals surface area contributed by atoms with Crippen molar-refractivity contribution in [2.24, 2.45) is 0 Å². The lowest BCUT2D eigenvalue weighted by Gasteiger charge is -2.45. The summed E-state index contributed by atoms with van der Waals surface area (Å²) in [6, 6.07) is 17.5. The summed E-state index contributed by atoms with van der Waals surface area (Å²) in [4.78, 5) is 19.8. The topological polar surface area (TPSA) is 80.5 Å². The first kappa shape index (κ1) is 23.4. The van der Waals surface area contributed by atoms with Crippen molar-refractivity contribution in [3.63, 3.8) is 0 Å². The molecule has 194 valence electrons. The zero-order valence-electron chi connectivity index (χ0n) is 22.1. The first-order chi connectivity index (χ1) is 18.6. The summed E-state index contributed by atoms with van der Waals surface area (Å²) in [5.74, 6) is 3.02. The zero-order chi connectivity index (χ0) is 25.8. The van der Waals surface area contributed by atoms with Crippen LogP contribution < -0.4 is 5.73 Å². The molecular weight excluding hydrogens is 472 g/mol. The van der Waals surface area contributed by atoms with Gasteiger partial charge in [-0.15, -0.1) is 0 Å². The Morgan fingerprint density at radius 3 is 2.50 bits per heavy atom. The van der Waals surface area contributed by atoms with Crippen LogP contribution in [-0.4, -0.2) is 73.0 Å². The van der Waals surface area contributed by atoms with E-state index in [4.69, 9.17) is 15.7 Å². The van der Waals surface area contributed by atoms with Crippen molar-refractivity contribution in [2.45, 2.75) is 38.3 Å². The molecule has 0 unspecified atom stereocenters. The lowest BCUT2D eigenvalue weighted by molar-refractivity contribution is 0.0586. The molecule has 0 atom stereocenters. The van der Waals surface area contributed by atoms with Gasteiger partial charge in [-0.05, 0) is 38.9 Å².